The number of amides is 1. The number of hydrogen-bond donors (Lipinski definition) is 2. The quantitative estimate of drug-likeness (QED) is 0.906. The van der Waals surface area contributed by atoms with Crippen molar-refractivity contribution in [2.45, 2.75) is 19.4 Å². The Morgan fingerprint density at radius 2 is 1.85 bits per heavy atom. The van der Waals surface area contributed by atoms with E-state index in [1.54, 1.807) is 0 Å². The van der Waals surface area contributed by atoms with Gasteiger partial charge in [0.15, 0.2) is 0 Å². The average Bonchev–Trinajstić information content (AvgIpc) is 2.37. The molecule has 0 aliphatic carbocycles. The summed E-state index contributed by atoms with van der Waals surface area (Å²) in [5, 5.41) is 2.82. The molecule has 0 fully saturated rings. The van der Waals surface area contributed by atoms with Gasteiger partial charge in [-0.1, -0.05) is 12.1 Å². The Hall–Kier alpha value is -1.43. The van der Waals surface area contributed by atoms with Crippen LogP contribution in [0, 0.1) is 0 Å². The van der Waals surface area contributed by atoms with Gasteiger partial charge in [0.05, 0.1) is 17.2 Å². The van der Waals surface area contributed by atoms with E-state index in [1.807, 2.05) is 38.1 Å². The number of nitrogens with zero attached hydrogens (tertiary/aromatic N) is 2. The number of halogens is 2. The average molecular weight is 317 g/mol. The summed E-state index contributed by atoms with van der Waals surface area (Å²) in [6.45, 7) is 4.08. The molecule has 0 saturated heterocycles. The molecule has 0 bridgehead atoms. The van der Waals surface area contributed by atoms with E-state index < -0.39 is 5.54 Å². The lowest BCUT2D eigenvalue weighted by atomic mass is 10.1. The molecule has 0 unspecified atom stereocenters. The fourth-order valence-corrected chi connectivity index (χ4v) is 1.49. The van der Waals surface area contributed by atoms with E-state index in [4.69, 9.17) is 5.73 Å². The third-order valence-electron chi connectivity index (χ3n) is 2.64. The predicted molar refractivity (Wildman–Crippen MR) is 84.6 cm³/mol. The molecule has 7 heteroatoms. The smallest absolute Gasteiger partial charge is 0.271 e. The molecule has 0 saturated carbocycles. The van der Waals surface area contributed by atoms with Crippen LogP contribution in [0.3, 0.4) is 0 Å². The third-order valence-corrected chi connectivity index (χ3v) is 2.64. The number of carbonyl (C=O) groups excluding carboxylic acids is 1. The van der Waals surface area contributed by atoms with Crippen molar-refractivity contribution in [3.8, 4) is 0 Å². The van der Waals surface area contributed by atoms with E-state index >= 15 is 0 Å². The molecule has 2 rings (SSSR count). The molecule has 2 aromatic rings. The van der Waals surface area contributed by atoms with Crippen LogP contribution >= 0.6 is 24.8 Å². The second kappa shape index (κ2) is 7.38. The van der Waals surface area contributed by atoms with Gasteiger partial charge >= 0.3 is 0 Å². The van der Waals surface area contributed by atoms with E-state index in [0.717, 1.165) is 5.52 Å². The van der Waals surface area contributed by atoms with E-state index in [-0.39, 0.29) is 30.7 Å². The summed E-state index contributed by atoms with van der Waals surface area (Å²) in [6, 6.07) is 7.43. The van der Waals surface area contributed by atoms with Crippen LogP contribution in [-0.4, -0.2) is 28.0 Å². The first-order chi connectivity index (χ1) is 8.52. The lowest BCUT2D eigenvalue weighted by Gasteiger charge is -2.23. The highest BCUT2D eigenvalue weighted by molar-refractivity contribution is 5.94. The first-order valence-electron chi connectivity index (χ1n) is 5.76. The van der Waals surface area contributed by atoms with Gasteiger partial charge in [0, 0.05) is 12.1 Å². The lowest BCUT2D eigenvalue weighted by Crippen LogP contribution is -2.49. The van der Waals surface area contributed by atoms with E-state index in [1.165, 1.54) is 6.20 Å². The number of nitrogens with two attached hydrogens (primary N) is 1. The Labute approximate surface area is 130 Å². The van der Waals surface area contributed by atoms with Crippen LogP contribution in [-0.2, 0) is 0 Å². The third kappa shape index (κ3) is 4.30. The molecule has 0 atom stereocenters. The Bertz CT molecular complexity index is 589. The van der Waals surface area contributed by atoms with Gasteiger partial charge in [-0.05, 0) is 26.0 Å². The van der Waals surface area contributed by atoms with Gasteiger partial charge in [-0.25, -0.2) is 4.98 Å². The fraction of sp³-hybridized carbons (Fsp3) is 0.308. The predicted octanol–water partition coefficient (Wildman–Crippen LogP) is 1.94. The molecule has 110 valence electrons. The highest BCUT2D eigenvalue weighted by Crippen LogP contribution is 2.09. The summed E-state index contributed by atoms with van der Waals surface area (Å²) in [7, 11) is 0. The number of benzene rings is 1. The summed E-state index contributed by atoms with van der Waals surface area (Å²) in [4.78, 5) is 20.5. The van der Waals surface area contributed by atoms with Crippen molar-refractivity contribution in [3.05, 3.63) is 36.2 Å². The summed E-state index contributed by atoms with van der Waals surface area (Å²) in [6.07, 6.45) is 1.48. The standard InChI is InChI=1S/C13H16N4O.2ClH/c1-13(2,8-14)17-12(18)11-7-15-9-5-3-4-6-10(9)16-11;;/h3-7H,8,14H2,1-2H3,(H,17,18);2*1H. The van der Waals surface area contributed by atoms with Gasteiger partial charge in [-0.2, -0.15) is 0 Å². The minimum Gasteiger partial charge on any atom is -0.345 e. The number of fused-ring (bicyclic) bond motifs is 1. The van der Waals surface area contributed by atoms with Crippen LogP contribution in [0.25, 0.3) is 11.0 Å². The van der Waals surface area contributed by atoms with Crippen molar-refractivity contribution in [2.24, 2.45) is 5.73 Å². The minimum absolute atomic E-state index is 0. The van der Waals surface area contributed by atoms with Gasteiger partial charge in [0.2, 0.25) is 0 Å². The second-order valence-corrected chi connectivity index (χ2v) is 4.79. The zero-order valence-electron chi connectivity index (χ0n) is 11.3. The van der Waals surface area contributed by atoms with E-state index in [0.29, 0.717) is 17.8 Å². The Morgan fingerprint density at radius 1 is 1.25 bits per heavy atom. The Kier molecular flexibility index (Phi) is 6.85. The van der Waals surface area contributed by atoms with Gasteiger partial charge in [0.1, 0.15) is 5.69 Å². The molecule has 1 amide bonds. The first-order valence-corrected chi connectivity index (χ1v) is 5.76. The zero-order chi connectivity index (χ0) is 13.2. The van der Waals surface area contributed by atoms with Crippen molar-refractivity contribution < 1.29 is 4.79 Å². The maximum absolute atomic E-state index is 12.0. The number of hydrogen-bond acceptors (Lipinski definition) is 4. The van der Waals surface area contributed by atoms with Gasteiger partial charge in [0.25, 0.3) is 5.91 Å². The van der Waals surface area contributed by atoms with Crippen LogP contribution in [0.5, 0.6) is 0 Å². The molecule has 0 spiro atoms. The van der Waals surface area contributed by atoms with Gasteiger partial charge in [-0.15, -0.1) is 24.8 Å². The van der Waals surface area contributed by atoms with E-state index in [2.05, 4.69) is 15.3 Å². The lowest BCUT2D eigenvalue weighted by molar-refractivity contribution is 0.0910. The topological polar surface area (TPSA) is 80.9 Å². The molecule has 20 heavy (non-hydrogen) atoms. The molecular weight excluding hydrogens is 299 g/mol. The largest absolute Gasteiger partial charge is 0.345 e. The van der Waals surface area contributed by atoms with Crippen LogP contribution in [0.15, 0.2) is 30.5 Å². The van der Waals surface area contributed by atoms with Crippen molar-refractivity contribution in [2.75, 3.05) is 6.54 Å². The molecular formula is C13H18Cl2N4O. The number of rotatable bonds is 3. The van der Waals surface area contributed by atoms with Crippen LogP contribution in [0.2, 0.25) is 0 Å². The van der Waals surface area contributed by atoms with E-state index in [9.17, 15) is 4.79 Å². The normalized spacial score (nSPS) is 10.3. The molecule has 1 aromatic heterocycles. The van der Waals surface area contributed by atoms with Crippen LogP contribution in [0.1, 0.15) is 24.3 Å². The summed E-state index contributed by atoms with van der Waals surface area (Å²) in [5.74, 6) is -0.260. The maximum Gasteiger partial charge on any atom is 0.271 e. The fourth-order valence-electron chi connectivity index (χ4n) is 1.49. The van der Waals surface area contributed by atoms with Gasteiger partial charge in [-0.3, -0.25) is 9.78 Å². The van der Waals surface area contributed by atoms with Crippen LogP contribution in [0.4, 0.5) is 0 Å². The molecule has 0 aliphatic rings. The highest BCUT2D eigenvalue weighted by Gasteiger charge is 2.20. The SMILES string of the molecule is CC(C)(CN)NC(=O)c1cnc2ccccc2n1.Cl.Cl. The first kappa shape index (κ1) is 18.6. The van der Waals surface area contributed by atoms with Gasteiger partial charge < -0.3 is 11.1 Å². The second-order valence-electron chi connectivity index (χ2n) is 4.79. The summed E-state index contributed by atoms with van der Waals surface area (Å²) >= 11 is 0. The van der Waals surface area contributed by atoms with Crippen molar-refractivity contribution >= 4 is 41.8 Å². The molecule has 1 aromatic carbocycles. The molecule has 0 radical (unpaired) electrons. The maximum atomic E-state index is 12.0. The monoisotopic (exact) mass is 316 g/mol. The number of aromatic nitrogens is 2. The molecule has 0 aliphatic heterocycles. The molecule has 5 nitrogen and oxygen atoms in total. The Balaban J connectivity index is 0.00000180. The van der Waals surface area contributed by atoms with Crippen molar-refractivity contribution in [1.82, 2.24) is 15.3 Å². The van der Waals surface area contributed by atoms with Crippen LogP contribution < -0.4 is 11.1 Å². The number of carbonyl (C=O) groups is 1. The van der Waals surface area contributed by atoms with Crippen molar-refractivity contribution in [1.29, 1.82) is 0 Å². The minimum atomic E-state index is -0.454. The van der Waals surface area contributed by atoms with Crippen molar-refractivity contribution in [3.63, 3.8) is 0 Å². The molecule has 3 N–H and O–H groups in total. The summed E-state index contributed by atoms with van der Waals surface area (Å²) < 4.78 is 0. The zero-order valence-corrected chi connectivity index (χ0v) is 12.9. The Morgan fingerprint density at radius 3 is 2.45 bits per heavy atom. The number of nitrogens with one attached hydrogen (secondary N) is 1. The number of para-hydroxylation sites is 2. The summed E-state index contributed by atoms with van der Waals surface area (Å²) in [5.41, 5.74) is 6.89. The highest BCUT2D eigenvalue weighted by atomic mass is 35.5. The molecule has 1 heterocycles.